The standard InChI is InChI=1S/C33H28Cl2N2O6S/c1-20-18-36(33(42)43-19-21-8-4-2-5-9-21)15-14-24(20)30(38)37(31(39)25-13-12-23(34)16-26(25)35)27-17-28(44-29(27)32(40)41)22-10-6-3-7-11-22/h2-13,16-17,20,24H,14-15,18-19H2,1H3,(H,40,41). The minimum absolute atomic E-state index is 0.00259. The average molecular weight is 652 g/mol. The second-order valence-electron chi connectivity index (χ2n) is 10.5. The van der Waals surface area contributed by atoms with E-state index in [-0.39, 0.29) is 53.2 Å². The second kappa shape index (κ2) is 13.6. The summed E-state index contributed by atoms with van der Waals surface area (Å²) in [4.78, 5) is 56.6. The highest BCUT2D eigenvalue weighted by molar-refractivity contribution is 7.18. The van der Waals surface area contributed by atoms with Crippen molar-refractivity contribution in [3.63, 3.8) is 0 Å². The van der Waals surface area contributed by atoms with E-state index in [0.29, 0.717) is 9.90 Å². The number of rotatable bonds is 7. The van der Waals surface area contributed by atoms with Gasteiger partial charge in [0.15, 0.2) is 0 Å². The number of carboxylic acids is 1. The Morgan fingerprint density at radius 2 is 1.66 bits per heavy atom. The third kappa shape index (κ3) is 6.80. The number of hydrogen-bond donors (Lipinski definition) is 1. The Labute approximate surface area is 268 Å². The molecule has 4 aromatic rings. The quantitative estimate of drug-likeness (QED) is 0.204. The Kier molecular flexibility index (Phi) is 9.68. The maximum atomic E-state index is 14.3. The van der Waals surface area contributed by atoms with Gasteiger partial charge in [0.05, 0.1) is 16.3 Å². The van der Waals surface area contributed by atoms with Crippen LogP contribution in [0.3, 0.4) is 0 Å². The van der Waals surface area contributed by atoms with Gasteiger partial charge in [0, 0.05) is 28.9 Å². The van der Waals surface area contributed by atoms with Crippen LogP contribution in [0.25, 0.3) is 10.4 Å². The van der Waals surface area contributed by atoms with Crippen molar-refractivity contribution in [1.29, 1.82) is 0 Å². The van der Waals surface area contributed by atoms with Gasteiger partial charge in [-0.2, -0.15) is 0 Å². The zero-order chi connectivity index (χ0) is 31.4. The molecular weight excluding hydrogens is 623 g/mol. The van der Waals surface area contributed by atoms with E-state index in [9.17, 15) is 24.3 Å². The monoisotopic (exact) mass is 650 g/mol. The van der Waals surface area contributed by atoms with Crippen LogP contribution in [0, 0.1) is 11.8 Å². The number of likely N-dealkylation sites (tertiary alicyclic amines) is 1. The third-order valence-corrected chi connectivity index (χ3v) is 9.19. The number of carboxylic acid groups (broad SMARTS) is 1. The van der Waals surface area contributed by atoms with Crippen molar-refractivity contribution < 1.29 is 29.0 Å². The van der Waals surface area contributed by atoms with Gasteiger partial charge in [-0.15, -0.1) is 11.3 Å². The Hall–Kier alpha value is -4.18. The van der Waals surface area contributed by atoms with Crippen LogP contribution in [0.1, 0.15) is 38.9 Å². The number of hydrogen-bond acceptors (Lipinski definition) is 6. The summed E-state index contributed by atoms with van der Waals surface area (Å²) in [6.07, 6.45) is -0.248. The Bertz CT molecular complexity index is 1700. The molecule has 5 rings (SSSR count). The molecule has 0 radical (unpaired) electrons. The Balaban J connectivity index is 1.45. The molecule has 0 spiro atoms. The number of carbonyl (C=O) groups excluding carboxylic acids is 3. The number of nitrogens with zero attached hydrogens (tertiary/aromatic N) is 2. The van der Waals surface area contributed by atoms with E-state index in [1.54, 1.807) is 11.0 Å². The van der Waals surface area contributed by atoms with E-state index in [0.717, 1.165) is 27.4 Å². The van der Waals surface area contributed by atoms with Crippen LogP contribution >= 0.6 is 34.5 Å². The zero-order valence-corrected chi connectivity index (χ0v) is 25.9. The van der Waals surface area contributed by atoms with Gasteiger partial charge in [-0.1, -0.05) is 90.8 Å². The lowest BCUT2D eigenvalue weighted by molar-refractivity contribution is -0.124. The number of halogens is 2. The SMILES string of the molecule is CC1CN(C(=O)OCc2ccccc2)CCC1C(=O)N(C(=O)c1ccc(Cl)cc1Cl)c1cc(-c2ccccc2)sc1C(=O)O. The molecule has 226 valence electrons. The number of carbonyl (C=O) groups is 4. The van der Waals surface area contributed by atoms with Gasteiger partial charge in [0.1, 0.15) is 11.5 Å². The molecular formula is C33H28Cl2N2O6S. The second-order valence-corrected chi connectivity index (χ2v) is 12.4. The number of amides is 3. The summed E-state index contributed by atoms with van der Waals surface area (Å²) in [5.41, 5.74) is 1.56. The fraction of sp³-hybridized carbons (Fsp3) is 0.212. The maximum absolute atomic E-state index is 14.3. The van der Waals surface area contributed by atoms with Crippen molar-refractivity contribution >= 4 is 64.1 Å². The molecule has 2 unspecified atom stereocenters. The molecule has 0 bridgehead atoms. The van der Waals surface area contributed by atoms with Gasteiger partial charge in [-0.25, -0.2) is 14.5 Å². The molecule has 2 atom stereocenters. The number of imide groups is 1. The lowest BCUT2D eigenvalue weighted by atomic mass is 9.85. The van der Waals surface area contributed by atoms with Gasteiger partial charge in [0.2, 0.25) is 5.91 Å². The number of aromatic carboxylic acids is 1. The minimum atomic E-state index is -1.27. The van der Waals surface area contributed by atoms with Gasteiger partial charge < -0.3 is 14.7 Å². The molecule has 3 amide bonds. The molecule has 0 aliphatic carbocycles. The lowest BCUT2D eigenvalue weighted by Crippen LogP contribution is -2.50. The number of thiophene rings is 1. The van der Waals surface area contributed by atoms with E-state index in [2.05, 4.69) is 0 Å². The van der Waals surface area contributed by atoms with Crippen LogP contribution < -0.4 is 4.90 Å². The van der Waals surface area contributed by atoms with Gasteiger partial charge in [-0.05, 0) is 47.7 Å². The molecule has 11 heteroatoms. The van der Waals surface area contributed by atoms with Crippen LogP contribution in [0.2, 0.25) is 10.0 Å². The van der Waals surface area contributed by atoms with E-state index in [1.807, 2.05) is 67.6 Å². The number of ether oxygens (including phenoxy) is 1. The fourth-order valence-corrected chi connectivity index (χ4v) is 6.69. The predicted molar refractivity (Wildman–Crippen MR) is 170 cm³/mol. The highest BCUT2D eigenvalue weighted by Gasteiger charge is 2.40. The first-order valence-corrected chi connectivity index (χ1v) is 15.4. The molecule has 2 heterocycles. The molecule has 0 saturated carbocycles. The first-order chi connectivity index (χ1) is 21.1. The minimum Gasteiger partial charge on any atom is -0.477 e. The molecule has 8 nitrogen and oxygen atoms in total. The van der Waals surface area contributed by atoms with E-state index < -0.39 is 29.8 Å². The third-order valence-electron chi connectivity index (χ3n) is 7.48. The van der Waals surface area contributed by atoms with Crippen LogP contribution in [0.15, 0.2) is 84.9 Å². The zero-order valence-electron chi connectivity index (χ0n) is 23.6. The largest absolute Gasteiger partial charge is 0.477 e. The highest BCUT2D eigenvalue weighted by atomic mass is 35.5. The van der Waals surface area contributed by atoms with Crippen molar-refractivity contribution in [2.45, 2.75) is 20.0 Å². The average Bonchev–Trinajstić information content (AvgIpc) is 3.46. The Morgan fingerprint density at radius 1 is 0.977 bits per heavy atom. The van der Waals surface area contributed by atoms with Gasteiger partial charge in [-0.3, -0.25) is 9.59 Å². The van der Waals surface area contributed by atoms with Crippen molar-refractivity contribution in [3.8, 4) is 10.4 Å². The molecule has 1 aromatic heterocycles. The summed E-state index contributed by atoms with van der Waals surface area (Å²) < 4.78 is 5.48. The predicted octanol–water partition coefficient (Wildman–Crippen LogP) is 7.89. The molecule has 1 saturated heterocycles. The summed E-state index contributed by atoms with van der Waals surface area (Å²) in [7, 11) is 0. The number of piperidine rings is 1. The summed E-state index contributed by atoms with van der Waals surface area (Å²) in [6, 6.07) is 24.2. The molecule has 1 fully saturated rings. The maximum Gasteiger partial charge on any atom is 0.410 e. The van der Waals surface area contributed by atoms with Gasteiger partial charge >= 0.3 is 12.1 Å². The topological polar surface area (TPSA) is 104 Å². The summed E-state index contributed by atoms with van der Waals surface area (Å²) in [6.45, 7) is 2.39. The van der Waals surface area contributed by atoms with Crippen molar-refractivity contribution in [2.24, 2.45) is 11.8 Å². The summed E-state index contributed by atoms with van der Waals surface area (Å²) >= 11 is 13.4. The van der Waals surface area contributed by atoms with E-state index in [1.165, 1.54) is 18.2 Å². The molecule has 1 N–H and O–H groups in total. The fourth-order valence-electron chi connectivity index (χ4n) is 5.21. The van der Waals surface area contributed by atoms with Crippen molar-refractivity contribution in [1.82, 2.24) is 4.90 Å². The van der Waals surface area contributed by atoms with Crippen molar-refractivity contribution in [3.05, 3.63) is 111 Å². The van der Waals surface area contributed by atoms with E-state index in [4.69, 9.17) is 27.9 Å². The summed E-state index contributed by atoms with van der Waals surface area (Å²) in [5, 5.41) is 10.5. The van der Waals surface area contributed by atoms with Crippen LogP contribution in [0.4, 0.5) is 10.5 Å². The van der Waals surface area contributed by atoms with Crippen LogP contribution in [-0.4, -0.2) is 47.0 Å². The Morgan fingerprint density at radius 3 is 2.30 bits per heavy atom. The summed E-state index contributed by atoms with van der Waals surface area (Å²) in [5.74, 6) is -3.68. The molecule has 1 aliphatic heterocycles. The van der Waals surface area contributed by atoms with E-state index >= 15 is 0 Å². The molecule has 3 aromatic carbocycles. The smallest absolute Gasteiger partial charge is 0.410 e. The van der Waals surface area contributed by atoms with Crippen molar-refractivity contribution in [2.75, 3.05) is 18.0 Å². The highest BCUT2D eigenvalue weighted by Crippen LogP contribution is 2.40. The lowest BCUT2D eigenvalue weighted by Gasteiger charge is -2.37. The molecule has 44 heavy (non-hydrogen) atoms. The van der Waals surface area contributed by atoms with Crippen LogP contribution in [0.5, 0.6) is 0 Å². The van der Waals surface area contributed by atoms with Crippen LogP contribution in [-0.2, 0) is 16.1 Å². The number of benzene rings is 3. The molecule has 1 aliphatic rings. The normalized spacial score (nSPS) is 16.3. The first-order valence-electron chi connectivity index (χ1n) is 13.9. The number of anilines is 1. The van der Waals surface area contributed by atoms with Gasteiger partial charge in [0.25, 0.3) is 5.91 Å². The first kappa shape index (κ1) is 31.3.